The zero-order valence-electron chi connectivity index (χ0n) is 10.8. The van der Waals surface area contributed by atoms with Gasteiger partial charge in [-0.15, -0.1) is 11.6 Å². The normalized spacial score (nSPS) is 21.5. The molecular weight excluding hydrogens is 289 g/mol. The number of hydrogen-bond donors (Lipinski definition) is 0. The van der Waals surface area contributed by atoms with Crippen LogP contribution in [0.5, 0.6) is 0 Å². The molecular formula is C13H17ClFNO2S. The SMILES string of the molecule is CC1CCCN(S(=O)(=O)c2cc(F)ccc2CCl)C1. The van der Waals surface area contributed by atoms with Crippen molar-refractivity contribution in [3.05, 3.63) is 29.6 Å². The minimum Gasteiger partial charge on any atom is -0.207 e. The van der Waals surface area contributed by atoms with Crippen molar-refractivity contribution in [3.63, 3.8) is 0 Å². The molecule has 0 spiro atoms. The van der Waals surface area contributed by atoms with Gasteiger partial charge in [-0.1, -0.05) is 13.0 Å². The van der Waals surface area contributed by atoms with Crippen molar-refractivity contribution in [2.45, 2.75) is 30.5 Å². The number of alkyl halides is 1. The summed E-state index contributed by atoms with van der Waals surface area (Å²) in [4.78, 5) is -0.00315. The van der Waals surface area contributed by atoms with Crippen LogP contribution in [0.15, 0.2) is 23.1 Å². The number of benzene rings is 1. The molecule has 0 aromatic heterocycles. The number of rotatable bonds is 3. The number of sulfonamides is 1. The number of piperidine rings is 1. The highest BCUT2D eigenvalue weighted by Crippen LogP contribution is 2.27. The minimum atomic E-state index is -3.65. The lowest BCUT2D eigenvalue weighted by molar-refractivity contribution is 0.281. The highest BCUT2D eigenvalue weighted by Gasteiger charge is 2.30. The van der Waals surface area contributed by atoms with Crippen LogP contribution >= 0.6 is 11.6 Å². The number of hydrogen-bond acceptors (Lipinski definition) is 2. The van der Waals surface area contributed by atoms with Crippen molar-refractivity contribution in [1.29, 1.82) is 0 Å². The van der Waals surface area contributed by atoms with Crippen LogP contribution in [0.4, 0.5) is 4.39 Å². The van der Waals surface area contributed by atoms with E-state index in [4.69, 9.17) is 11.6 Å². The Morgan fingerprint density at radius 1 is 1.47 bits per heavy atom. The van der Waals surface area contributed by atoms with Gasteiger partial charge in [-0.25, -0.2) is 12.8 Å². The van der Waals surface area contributed by atoms with Gasteiger partial charge in [-0.2, -0.15) is 4.31 Å². The third kappa shape index (κ3) is 3.09. The van der Waals surface area contributed by atoms with Crippen LogP contribution in [0, 0.1) is 11.7 Å². The molecule has 106 valence electrons. The van der Waals surface area contributed by atoms with Gasteiger partial charge >= 0.3 is 0 Å². The number of nitrogens with zero attached hydrogens (tertiary/aromatic N) is 1. The molecule has 6 heteroatoms. The molecule has 3 nitrogen and oxygen atoms in total. The summed E-state index contributed by atoms with van der Waals surface area (Å²) < 4.78 is 39.9. The molecule has 0 N–H and O–H groups in total. The average Bonchev–Trinajstić information content (AvgIpc) is 2.38. The molecule has 0 bridgehead atoms. The van der Waals surface area contributed by atoms with E-state index in [1.165, 1.54) is 16.4 Å². The summed E-state index contributed by atoms with van der Waals surface area (Å²) in [6, 6.07) is 3.73. The molecule has 0 aliphatic carbocycles. The van der Waals surface area contributed by atoms with Gasteiger partial charge in [0.05, 0.1) is 4.90 Å². The Balaban J connectivity index is 2.41. The first kappa shape index (κ1) is 14.8. The Kier molecular flexibility index (Phi) is 4.48. The molecule has 1 aromatic carbocycles. The van der Waals surface area contributed by atoms with Gasteiger partial charge < -0.3 is 0 Å². The molecule has 1 aliphatic heterocycles. The summed E-state index contributed by atoms with van der Waals surface area (Å²) in [6.07, 6.45) is 1.86. The zero-order chi connectivity index (χ0) is 14.0. The molecule has 1 atom stereocenters. The van der Waals surface area contributed by atoms with E-state index in [-0.39, 0.29) is 10.8 Å². The number of halogens is 2. The Hall–Kier alpha value is -0.650. The Bertz CT molecular complexity index is 562. The molecule has 1 heterocycles. The van der Waals surface area contributed by atoms with Crippen LogP contribution in [-0.2, 0) is 15.9 Å². The van der Waals surface area contributed by atoms with Crippen molar-refractivity contribution in [2.75, 3.05) is 13.1 Å². The molecule has 1 aliphatic rings. The predicted octanol–water partition coefficient (Wildman–Crippen LogP) is 2.99. The van der Waals surface area contributed by atoms with E-state index in [0.29, 0.717) is 24.6 Å². The summed E-state index contributed by atoms with van der Waals surface area (Å²) in [5, 5.41) is 0. The van der Waals surface area contributed by atoms with E-state index in [1.54, 1.807) is 0 Å². The standard InChI is InChI=1S/C13H17ClFNO2S/c1-10-3-2-6-16(9-10)19(17,18)13-7-12(15)5-4-11(13)8-14/h4-5,7,10H,2-3,6,8-9H2,1H3. The lowest BCUT2D eigenvalue weighted by Crippen LogP contribution is -2.39. The molecule has 1 fully saturated rings. The predicted molar refractivity (Wildman–Crippen MR) is 73.1 cm³/mol. The summed E-state index contributed by atoms with van der Waals surface area (Å²) in [6.45, 7) is 3.00. The highest BCUT2D eigenvalue weighted by atomic mass is 35.5. The molecule has 1 saturated heterocycles. The second-order valence-corrected chi connectivity index (χ2v) is 7.17. The molecule has 2 rings (SSSR count). The molecule has 0 radical (unpaired) electrons. The smallest absolute Gasteiger partial charge is 0.207 e. The van der Waals surface area contributed by atoms with Gasteiger partial charge in [-0.05, 0) is 36.5 Å². The van der Waals surface area contributed by atoms with E-state index < -0.39 is 15.8 Å². The molecule has 1 unspecified atom stereocenters. The Morgan fingerprint density at radius 3 is 2.84 bits per heavy atom. The second-order valence-electron chi connectivity index (χ2n) is 5.00. The summed E-state index contributed by atoms with van der Waals surface area (Å²) in [5.74, 6) is -0.174. The van der Waals surface area contributed by atoms with E-state index in [0.717, 1.165) is 18.9 Å². The van der Waals surface area contributed by atoms with Crippen molar-refractivity contribution in [2.24, 2.45) is 5.92 Å². The molecule has 19 heavy (non-hydrogen) atoms. The second kappa shape index (κ2) is 5.77. The third-order valence-electron chi connectivity index (χ3n) is 3.41. The lowest BCUT2D eigenvalue weighted by atomic mass is 10.0. The van der Waals surface area contributed by atoms with Crippen LogP contribution in [0.3, 0.4) is 0 Å². The van der Waals surface area contributed by atoms with Gasteiger partial charge in [0.1, 0.15) is 5.82 Å². The molecule has 0 amide bonds. The minimum absolute atomic E-state index is 0.00315. The molecule has 1 aromatic rings. The van der Waals surface area contributed by atoms with E-state index in [1.807, 2.05) is 6.92 Å². The fraction of sp³-hybridized carbons (Fsp3) is 0.538. The summed E-state index contributed by atoms with van der Waals surface area (Å²) >= 11 is 5.75. The maximum atomic E-state index is 13.3. The molecule has 0 saturated carbocycles. The van der Waals surface area contributed by atoms with Crippen molar-refractivity contribution < 1.29 is 12.8 Å². The lowest BCUT2D eigenvalue weighted by Gasteiger charge is -2.30. The fourth-order valence-corrected chi connectivity index (χ4v) is 4.53. The van der Waals surface area contributed by atoms with Gasteiger partial charge in [0.25, 0.3) is 0 Å². The van der Waals surface area contributed by atoms with Crippen LogP contribution in [0.25, 0.3) is 0 Å². The average molecular weight is 306 g/mol. The Morgan fingerprint density at radius 2 is 2.21 bits per heavy atom. The van der Waals surface area contributed by atoms with E-state index in [2.05, 4.69) is 0 Å². The van der Waals surface area contributed by atoms with Gasteiger partial charge in [0.15, 0.2) is 0 Å². The van der Waals surface area contributed by atoms with Crippen LogP contribution in [-0.4, -0.2) is 25.8 Å². The summed E-state index contributed by atoms with van der Waals surface area (Å²) in [5.41, 5.74) is 0.446. The van der Waals surface area contributed by atoms with Crippen LogP contribution in [0.1, 0.15) is 25.3 Å². The van der Waals surface area contributed by atoms with Crippen molar-refractivity contribution >= 4 is 21.6 Å². The topological polar surface area (TPSA) is 37.4 Å². The van der Waals surface area contributed by atoms with E-state index in [9.17, 15) is 12.8 Å². The maximum Gasteiger partial charge on any atom is 0.243 e. The third-order valence-corrected chi connectivity index (χ3v) is 5.65. The van der Waals surface area contributed by atoms with Gasteiger partial charge in [0, 0.05) is 19.0 Å². The maximum absolute atomic E-state index is 13.3. The largest absolute Gasteiger partial charge is 0.243 e. The fourth-order valence-electron chi connectivity index (χ4n) is 2.38. The zero-order valence-corrected chi connectivity index (χ0v) is 12.3. The van der Waals surface area contributed by atoms with E-state index >= 15 is 0 Å². The monoisotopic (exact) mass is 305 g/mol. The summed E-state index contributed by atoms with van der Waals surface area (Å²) in [7, 11) is -3.65. The van der Waals surface area contributed by atoms with Gasteiger partial charge in [-0.3, -0.25) is 0 Å². The van der Waals surface area contributed by atoms with Crippen LogP contribution in [0.2, 0.25) is 0 Å². The van der Waals surface area contributed by atoms with Gasteiger partial charge in [0.2, 0.25) is 10.0 Å². The van der Waals surface area contributed by atoms with Crippen molar-refractivity contribution in [1.82, 2.24) is 4.31 Å². The Labute approximate surface area is 118 Å². The highest BCUT2D eigenvalue weighted by molar-refractivity contribution is 7.89. The first-order valence-electron chi connectivity index (χ1n) is 6.29. The van der Waals surface area contributed by atoms with Crippen LogP contribution < -0.4 is 0 Å². The first-order valence-corrected chi connectivity index (χ1v) is 8.27. The first-order chi connectivity index (χ1) is 8.95. The van der Waals surface area contributed by atoms with Crippen molar-refractivity contribution in [3.8, 4) is 0 Å². The quantitative estimate of drug-likeness (QED) is 0.805.